The van der Waals surface area contributed by atoms with Gasteiger partial charge in [0.15, 0.2) is 10.9 Å². The molecule has 0 amide bonds. The summed E-state index contributed by atoms with van der Waals surface area (Å²) in [4.78, 5) is 8.65. The Morgan fingerprint density at radius 1 is 1.16 bits per heavy atom. The van der Waals surface area contributed by atoms with Crippen molar-refractivity contribution in [2.75, 3.05) is 0 Å². The first kappa shape index (κ1) is 22.1. The largest absolute Gasteiger partial charge is 0.393 e. The Balaban J connectivity index is 2.24. The van der Waals surface area contributed by atoms with E-state index in [9.17, 15) is 12.8 Å². The zero-order chi connectivity index (χ0) is 22.8. The molecule has 1 aromatic carbocycles. The fourth-order valence-corrected chi connectivity index (χ4v) is 4.31. The maximum atomic E-state index is 13.6. The number of rotatable bonds is 7. The molecular formula is C20H23FN6O3S. The van der Waals surface area contributed by atoms with Crippen molar-refractivity contribution in [2.45, 2.75) is 31.3 Å². The van der Waals surface area contributed by atoms with Gasteiger partial charge in [-0.25, -0.2) is 9.37 Å². The number of benzene rings is 1. The van der Waals surface area contributed by atoms with Crippen molar-refractivity contribution >= 4 is 15.8 Å². The molecule has 0 unspecified atom stereocenters. The highest BCUT2D eigenvalue weighted by Gasteiger charge is 2.32. The van der Waals surface area contributed by atoms with Crippen LogP contribution in [0.5, 0.6) is 5.75 Å². The lowest BCUT2D eigenvalue weighted by Crippen LogP contribution is -2.22. The normalized spacial score (nSPS) is 11.5. The van der Waals surface area contributed by atoms with Crippen LogP contribution >= 0.6 is 0 Å². The number of pyridine rings is 1. The number of nitrogens with two attached hydrogens (primary N) is 3. The number of hydrogen-bond acceptors (Lipinski definition) is 8. The van der Waals surface area contributed by atoms with E-state index in [4.69, 9.17) is 21.4 Å². The predicted octanol–water partition coefficient (Wildman–Crippen LogP) is 1.86. The number of nitrogens with zero attached hydrogens (tertiary/aromatic N) is 3. The average molecular weight is 447 g/mol. The second kappa shape index (κ2) is 8.64. The van der Waals surface area contributed by atoms with Gasteiger partial charge < -0.3 is 26.0 Å². The van der Waals surface area contributed by atoms with Crippen LogP contribution in [-0.2, 0) is 16.7 Å². The van der Waals surface area contributed by atoms with E-state index in [0.717, 1.165) is 6.07 Å². The van der Waals surface area contributed by atoms with E-state index < -0.39 is 15.9 Å². The summed E-state index contributed by atoms with van der Waals surface area (Å²) in [6.07, 6.45) is 1.57. The van der Waals surface area contributed by atoms with Gasteiger partial charge in [-0.3, -0.25) is 4.98 Å². The number of imidazole rings is 1. The monoisotopic (exact) mass is 446 g/mol. The first-order valence-corrected chi connectivity index (χ1v) is 10.7. The van der Waals surface area contributed by atoms with Crippen molar-refractivity contribution in [1.29, 1.82) is 0 Å². The van der Waals surface area contributed by atoms with Crippen molar-refractivity contribution < 1.29 is 17.0 Å². The van der Waals surface area contributed by atoms with E-state index in [1.807, 2.05) is 0 Å². The molecule has 0 saturated heterocycles. The lowest BCUT2D eigenvalue weighted by Gasteiger charge is -2.14. The highest BCUT2D eigenvalue weighted by molar-refractivity contribution is 7.87. The molecule has 0 bridgehead atoms. The minimum atomic E-state index is -4.45. The Hall–Kier alpha value is -3.60. The van der Waals surface area contributed by atoms with Gasteiger partial charge in [-0.1, -0.05) is 26.0 Å². The molecule has 0 aliphatic heterocycles. The van der Waals surface area contributed by atoms with Crippen LogP contribution in [0.3, 0.4) is 0 Å². The van der Waals surface area contributed by atoms with Crippen molar-refractivity contribution in [1.82, 2.24) is 14.5 Å². The van der Waals surface area contributed by atoms with Gasteiger partial charge in [0.25, 0.3) is 0 Å². The summed E-state index contributed by atoms with van der Waals surface area (Å²) in [7, 11) is -4.45. The standard InChI is InChI=1S/C20H23FN6O3S/c1-12(2)17-20(31(28,29)30-15-8-5-6-13(21)10-15)27(11-14-7-3-4-9-25-14)19(26-17)16(22)18(23)24/h3-10,12H,11,22-24H2,1-2H3. The maximum Gasteiger partial charge on any atom is 0.357 e. The summed E-state index contributed by atoms with van der Waals surface area (Å²) in [6, 6.07) is 10.0. The minimum Gasteiger partial charge on any atom is -0.393 e. The lowest BCUT2D eigenvalue weighted by molar-refractivity contribution is 0.469. The second-order valence-electron chi connectivity index (χ2n) is 7.05. The van der Waals surface area contributed by atoms with Gasteiger partial charge in [0.2, 0.25) is 0 Å². The van der Waals surface area contributed by atoms with Crippen LogP contribution in [0.15, 0.2) is 59.5 Å². The molecule has 2 heterocycles. The maximum absolute atomic E-state index is 13.6. The topological polar surface area (TPSA) is 152 Å². The minimum absolute atomic E-state index is 0.00491. The van der Waals surface area contributed by atoms with Gasteiger partial charge in [-0.05, 0) is 30.2 Å². The summed E-state index contributed by atoms with van der Waals surface area (Å²) < 4.78 is 46.7. The van der Waals surface area contributed by atoms with Crippen LogP contribution in [0, 0.1) is 5.82 Å². The molecular weight excluding hydrogens is 423 g/mol. The van der Waals surface area contributed by atoms with E-state index in [1.54, 1.807) is 38.2 Å². The summed E-state index contributed by atoms with van der Waals surface area (Å²) in [5.41, 5.74) is 18.0. The summed E-state index contributed by atoms with van der Waals surface area (Å²) in [5, 5.41) is -0.239. The average Bonchev–Trinajstić information content (AvgIpc) is 3.08. The quantitative estimate of drug-likeness (QED) is 0.465. The van der Waals surface area contributed by atoms with Crippen LogP contribution in [0.4, 0.5) is 4.39 Å². The molecule has 0 aliphatic carbocycles. The van der Waals surface area contributed by atoms with Gasteiger partial charge in [-0.2, -0.15) is 8.42 Å². The fourth-order valence-electron chi connectivity index (χ4n) is 2.92. The Morgan fingerprint density at radius 3 is 2.48 bits per heavy atom. The third kappa shape index (κ3) is 4.77. The van der Waals surface area contributed by atoms with E-state index in [-0.39, 0.29) is 46.3 Å². The zero-order valence-electron chi connectivity index (χ0n) is 17.0. The molecule has 0 spiro atoms. The summed E-state index contributed by atoms with van der Waals surface area (Å²) in [6.45, 7) is 3.54. The molecule has 3 rings (SSSR count). The third-order valence-corrected chi connectivity index (χ3v) is 5.65. The molecule has 9 nitrogen and oxygen atoms in total. The molecule has 0 radical (unpaired) electrons. The second-order valence-corrected chi connectivity index (χ2v) is 8.51. The molecule has 2 aromatic heterocycles. The SMILES string of the molecule is CC(C)c1nc(C(N)=C(N)N)n(Cc2ccccn2)c1S(=O)(=O)Oc1cccc(F)c1. The van der Waals surface area contributed by atoms with E-state index in [0.29, 0.717) is 5.69 Å². The first-order valence-electron chi connectivity index (χ1n) is 9.31. The summed E-state index contributed by atoms with van der Waals surface area (Å²) >= 11 is 0. The molecule has 0 saturated carbocycles. The van der Waals surface area contributed by atoms with E-state index >= 15 is 0 Å². The molecule has 0 fully saturated rings. The Bertz CT molecular complexity index is 1220. The Morgan fingerprint density at radius 2 is 1.90 bits per heavy atom. The molecule has 31 heavy (non-hydrogen) atoms. The van der Waals surface area contributed by atoms with Gasteiger partial charge in [0, 0.05) is 12.3 Å². The molecule has 164 valence electrons. The molecule has 0 atom stereocenters. The first-order chi connectivity index (χ1) is 14.6. The predicted molar refractivity (Wildman–Crippen MR) is 113 cm³/mol. The van der Waals surface area contributed by atoms with Crippen LogP contribution in [0.2, 0.25) is 0 Å². The molecule has 11 heteroatoms. The van der Waals surface area contributed by atoms with Crippen molar-refractivity contribution in [3.63, 3.8) is 0 Å². The van der Waals surface area contributed by atoms with Crippen LogP contribution in [0.1, 0.15) is 37.0 Å². The Kier molecular flexibility index (Phi) is 6.16. The van der Waals surface area contributed by atoms with Crippen LogP contribution in [0.25, 0.3) is 5.70 Å². The van der Waals surface area contributed by atoms with Gasteiger partial charge in [0.1, 0.15) is 23.1 Å². The zero-order valence-corrected chi connectivity index (χ0v) is 17.8. The molecule has 6 N–H and O–H groups in total. The number of aromatic nitrogens is 3. The van der Waals surface area contributed by atoms with Gasteiger partial charge in [0.05, 0.1) is 17.9 Å². The van der Waals surface area contributed by atoms with E-state index in [1.165, 1.54) is 22.8 Å². The molecule has 0 aliphatic rings. The fraction of sp³-hybridized carbons (Fsp3) is 0.200. The third-order valence-electron chi connectivity index (χ3n) is 4.33. The number of halogens is 1. The van der Waals surface area contributed by atoms with E-state index in [2.05, 4.69) is 9.97 Å². The van der Waals surface area contributed by atoms with Gasteiger partial charge in [-0.15, -0.1) is 0 Å². The number of hydrogen-bond donors (Lipinski definition) is 3. The van der Waals surface area contributed by atoms with Crippen LogP contribution in [-0.4, -0.2) is 23.0 Å². The Labute approximate surface area is 179 Å². The highest BCUT2D eigenvalue weighted by Crippen LogP contribution is 2.30. The highest BCUT2D eigenvalue weighted by atomic mass is 32.2. The van der Waals surface area contributed by atoms with Crippen LogP contribution < -0.4 is 21.4 Å². The van der Waals surface area contributed by atoms with Crippen molar-refractivity contribution in [2.24, 2.45) is 17.2 Å². The summed E-state index contributed by atoms with van der Waals surface area (Å²) in [5.74, 6) is -1.28. The van der Waals surface area contributed by atoms with Gasteiger partial charge >= 0.3 is 10.1 Å². The lowest BCUT2D eigenvalue weighted by atomic mass is 10.1. The smallest absolute Gasteiger partial charge is 0.357 e. The molecule has 3 aromatic rings. The van der Waals surface area contributed by atoms with Crippen molar-refractivity contribution in [3.05, 3.63) is 77.5 Å². The van der Waals surface area contributed by atoms with Crippen molar-refractivity contribution in [3.8, 4) is 5.75 Å².